The number of non-ortho nitro benzene ring substituents is 1. The number of nitro benzene ring substituents is 1. The van der Waals surface area contributed by atoms with E-state index in [0.29, 0.717) is 5.56 Å². The standard InChI is InChI=1S/C22H17F2N5O4/c1-12-3-5-13(6-4-12)17-10-18(20(23)24)28-21(26-17)15(11-25-28)22(30)27-16-8-7-14(29(31)32)9-19(16)33-2/h3-11,20H,1-2H3,(H,27,30). The number of hydrogen-bond donors (Lipinski definition) is 1. The number of carbonyl (C=O) groups is 1. The van der Waals surface area contributed by atoms with Gasteiger partial charge >= 0.3 is 0 Å². The molecule has 0 aliphatic heterocycles. The molecular weight excluding hydrogens is 436 g/mol. The molecule has 2 heterocycles. The van der Waals surface area contributed by atoms with Crippen molar-refractivity contribution in [2.45, 2.75) is 13.3 Å². The van der Waals surface area contributed by atoms with Crippen molar-refractivity contribution in [1.82, 2.24) is 14.6 Å². The van der Waals surface area contributed by atoms with E-state index in [4.69, 9.17) is 4.74 Å². The molecule has 4 rings (SSSR count). The molecule has 0 spiro atoms. The van der Waals surface area contributed by atoms with Crippen LogP contribution >= 0.6 is 0 Å². The number of aromatic nitrogens is 3. The van der Waals surface area contributed by atoms with E-state index in [1.165, 1.54) is 25.3 Å². The topological polar surface area (TPSA) is 112 Å². The van der Waals surface area contributed by atoms with Crippen LogP contribution in [-0.4, -0.2) is 32.5 Å². The molecule has 0 unspecified atom stereocenters. The van der Waals surface area contributed by atoms with Gasteiger partial charge in [-0.2, -0.15) is 5.10 Å². The fraction of sp³-hybridized carbons (Fsp3) is 0.136. The Kier molecular flexibility index (Phi) is 5.69. The van der Waals surface area contributed by atoms with Crippen molar-refractivity contribution in [2.24, 2.45) is 0 Å². The minimum Gasteiger partial charge on any atom is -0.494 e. The summed E-state index contributed by atoms with van der Waals surface area (Å²) in [6.07, 6.45) is -1.72. The van der Waals surface area contributed by atoms with Crippen molar-refractivity contribution in [2.75, 3.05) is 12.4 Å². The highest BCUT2D eigenvalue weighted by atomic mass is 19.3. The lowest BCUT2D eigenvalue weighted by Gasteiger charge is -2.10. The van der Waals surface area contributed by atoms with Gasteiger partial charge in [0.15, 0.2) is 5.65 Å². The van der Waals surface area contributed by atoms with Gasteiger partial charge in [0.1, 0.15) is 17.0 Å². The Bertz CT molecular complexity index is 1370. The molecule has 2 aromatic heterocycles. The SMILES string of the molecule is COc1cc([N+](=O)[O-])ccc1NC(=O)c1cnn2c(C(F)F)cc(-c3ccc(C)cc3)nc12. The normalized spacial score (nSPS) is 11.1. The van der Waals surface area contributed by atoms with Gasteiger partial charge in [0.25, 0.3) is 18.0 Å². The molecule has 0 bridgehead atoms. The minimum absolute atomic E-state index is 0.0498. The van der Waals surface area contributed by atoms with Crippen LogP contribution in [0.25, 0.3) is 16.9 Å². The maximum Gasteiger partial charge on any atom is 0.280 e. The Hall–Kier alpha value is -4.41. The number of fused-ring (bicyclic) bond motifs is 1. The van der Waals surface area contributed by atoms with Crippen molar-refractivity contribution >= 4 is 22.9 Å². The van der Waals surface area contributed by atoms with Gasteiger partial charge in [0.2, 0.25) is 0 Å². The molecule has 11 heteroatoms. The van der Waals surface area contributed by atoms with Crippen LogP contribution in [0.4, 0.5) is 20.2 Å². The second-order valence-electron chi connectivity index (χ2n) is 7.12. The number of rotatable bonds is 6. The highest BCUT2D eigenvalue weighted by Crippen LogP contribution is 2.31. The van der Waals surface area contributed by atoms with Gasteiger partial charge in [0.05, 0.1) is 35.7 Å². The number of aryl methyl sites for hydroxylation is 1. The smallest absolute Gasteiger partial charge is 0.280 e. The van der Waals surface area contributed by atoms with E-state index >= 15 is 0 Å². The fourth-order valence-corrected chi connectivity index (χ4v) is 3.26. The molecule has 2 aromatic carbocycles. The van der Waals surface area contributed by atoms with E-state index in [9.17, 15) is 23.7 Å². The Labute approximate surface area is 185 Å². The second kappa shape index (κ2) is 8.61. The van der Waals surface area contributed by atoms with E-state index in [0.717, 1.165) is 22.3 Å². The lowest BCUT2D eigenvalue weighted by Crippen LogP contribution is -2.13. The van der Waals surface area contributed by atoms with E-state index in [1.807, 2.05) is 19.1 Å². The predicted octanol–water partition coefficient (Wildman–Crippen LogP) is 4.81. The van der Waals surface area contributed by atoms with Crippen LogP contribution in [0.2, 0.25) is 0 Å². The summed E-state index contributed by atoms with van der Waals surface area (Å²) in [6, 6.07) is 12.1. The van der Waals surface area contributed by atoms with E-state index in [1.54, 1.807) is 12.1 Å². The van der Waals surface area contributed by atoms with Gasteiger partial charge in [-0.3, -0.25) is 14.9 Å². The van der Waals surface area contributed by atoms with Crippen LogP contribution < -0.4 is 10.1 Å². The highest BCUT2D eigenvalue weighted by molar-refractivity contribution is 6.09. The number of anilines is 1. The largest absolute Gasteiger partial charge is 0.494 e. The Morgan fingerprint density at radius 3 is 2.55 bits per heavy atom. The number of benzene rings is 2. The predicted molar refractivity (Wildman–Crippen MR) is 116 cm³/mol. The van der Waals surface area contributed by atoms with Gasteiger partial charge in [-0.25, -0.2) is 18.3 Å². The summed E-state index contributed by atoms with van der Waals surface area (Å²) in [5, 5.41) is 17.5. The molecule has 4 aromatic rings. The number of hydrogen-bond acceptors (Lipinski definition) is 6. The molecule has 33 heavy (non-hydrogen) atoms. The molecule has 168 valence electrons. The van der Waals surface area contributed by atoms with Gasteiger partial charge in [-0.15, -0.1) is 0 Å². The van der Waals surface area contributed by atoms with Crippen molar-refractivity contribution in [3.63, 3.8) is 0 Å². The fourth-order valence-electron chi connectivity index (χ4n) is 3.26. The summed E-state index contributed by atoms with van der Waals surface area (Å²) < 4.78 is 33.6. The van der Waals surface area contributed by atoms with Crippen LogP contribution in [0.5, 0.6) is 5.75 Å². The number of nitrogens with one attached hydrogen (secondary N) is 1. The zero-order chi connectivity index (χ0) is 23.7. The third kappa shape index (κ3) is 4.20. The number of halogens is 2. The zero-order valence-corrected chi connectivity index (χ0v) is 17.5. The molecular formula is C22H17F2N5O4. The number of nitro groups is 1. The number of nitrogens with zero attached hydrogens (tertiary/aromatic N) is 4. The molecule has 1 N–H and O–H groups in total. The monoisotopic (exact) mass is 453 g/mol. The van der Waals surface area contributed by atoms with Crippen molar-refractivity contribution in [1.29, 1.82) is 0 Å². The lowest BCUT2D eigenvalue weighted by atomic mass is 10.1. The van der Waals surface area contributed by atoms with Gasteiger partial charge in [0, 0.05) is 11.6 Å². The summed E-state index contributed by atoms with van der Waals surface area (Å²) in [5.74, 6) is -0.624. The summed E-state index contributed by atoms with van der Waals surface area (Å²) >= 11 is 0. The molecule has 9 nitrogen and oxygen atoms in total. The minimum atomic E-state index is -2.86. The van der Waals surface area contributed by atoms with Crippen molar-refractivity contribution < 1.29 is 23.2 Å². The average molecular weight is 453 g/mol. The van der Waals surface area contributed by atoms with Crippen LogP contribution in [0.15, 0.2) is 54.7 Å². The van der Waals surface area contributed by atoms with Crippen molar-refractivity contribution in [3.05, 3.63) is 81.7 Å². The summed E-state index contributed by atoms with van der Waals surface area (Å²) in [6.45, 7) is 1.90. The number of methoxy groups -OCH3 is 1. The molecule has 0 atom stereocenters. The first kappa shape index (κ1) is 21.8. The van der Waals surface area contributed by atoms with E-state index < -0.39 is 22.9 Å². The molecule has 0 radical (unpaired) electrons. The molecule has 0 saturated heterocycles. The Morgan fingerprint density at radius 2 is 1.91 bits per heavy atom. The van der Waals surface area contributed by atoms with Gasteiger partial charge in [-0.1, -0.05) is 29.8 Å². The second-order valence-corrected chi connectivity index (χ2v) is 7.12. The first-order valence-electron chi connectivity index (χ1n) is 9.66. The Morgan fingerprint density at radius 1 is 1.18 bits per heavy atom. The van der Waals surface area contributed by atoms with Gasteiger partial charge in [-0.05, 0) is 19.1 Å². The van der Waals surface area contributed by atoms with Gasteiger partial charge < -0.3 is 10.1 Å². The third-order valence-electron chi connectivity index (χ3n) is 4.96. The lowest BCUT2D eigenvalue weighted by molar-refractivity contribution is -0.384. The molecule has 0 aliphatic rings. The highest BCUT2D eigenvalue weighted by Gasteiger charge is 2.23. The van der Waals surface area contributed by atoms with Crippen LogP contribution in [0.1, 0.15) is 28.0 Å². The number of alkyl halides is 2. The molecule has 1 amide bonds. The van der Waals surface area contributed by atoms with Crippen LogP contribution in [0.3, 0.4) is 0 Å². The average Bonchev–Trinajstić information content (AvgIpc) is 3.23. The third-order valence-corrected chi connectivity index (χ3v) is 4.96. The molecule has 0 saturated carbocycles. The summed E-state index contributed by atoms with van der Waals surface area (Å²) in [4.78, 5) is 27.8. The van der Waals surface area contributed by atoms with Crippen LogP contribution in [-0.2, 0) is 0 Å². The first-order valence-corrected chi connectivity index (χ1v) is 9.66. The van der Waals surface area contributed by atoms with E-state index in [-0.39, 0.29) is 34.0 Å². The van der Waals surface area contributed by atoms with E-state index in [2.05, 4.69) is 15.4 Å². The zero-order valence-electron chi connectivity index (χ0n) is 17.5. The van der Waals surface area contributed by atoms with Crippen LogP contribution in [0, 0.1) is 17.0 Å². The maximum absolute atomic E-state index is 13.8. The Balaban J connectivity index is 1.77. The molecule has 0 fully saturated rings. The summed E-state index contributed by atoms with van der Waals surface area (Å²) in [5.41, 5.74) is 1.30. The number of carbonyl (C=O) groups excluding carboxylic acids is 1. The van der Waals surface area contributed by atoms with Crippen molar-refractivity contribution in [3.8, 4) is 17.0 Å². The molecule has 0 aliphatic carbocycles. The number of amides is 1. The quantitative estimate of drug-likeness (QED) is 0.331. The first-order chi connectivity index (χ1) is 15.8. The summed E-state index contributed by atoms with van der Waals surface area (Å²) in [7, 11) is 1.30. The number of ether oxygens (including phenoxy) is 1. The maximum atomic E-state index is 13.8.